The van der Waals surface area contributed by atoms with Crippen LogP contribution in [0.2, 0.25) is 0 Å². The third kappa shape index (κ3) is 2.69. The molecule has 0 aliphatic heterocycles. The van der Waals surface area contributed by atoms with Crippen LogP contribution in [0.15, 0.2) is 48.1 Å². The maximum absolute atomic E-state index is 13.3. The number of fused-ring (bicyclic) bond motifs is 1. The number of hydrogen-bond acceptors (Lipinski definition) is 5. The lowest BCUT2D eigenvalue weighted by Gasteiger charge is -2.47. The van der Waals surface area contributed by atoms with E-state index in [1.807, 2.05) is 6.08 Å². The minimum Gasteiger partial charge on any atom is -0.507 e. The van der Waals surface area contributed by atoms with E-state index < -0.39 is 17.3 Å². The van der Waals surface area contributed by atoms with E-state index in [-0.39, 0.29) is 17.3 Å². The monoisotopic (exact) mass is 368 g/mol. The number of ether oxygens (including phenoxy) is 2. The van der Waals surface area contributed by atoms with Crippen molar-refractivity contribution in [1.82, 2.24) is 0 Å². The Morgan fingerprint density at radius 2 is 1.96 bits per heavy atom. The third-order valence-corrected chi connectivity index (χ3v) is 5.87. The van der Waals surface area contributed by atoms with Crippen LogP contribution in [0.3, 0.4) is 0 Å². The molecule has 1 N–H and O–H groups in total. The Morgan fingerprint density at radius 1 is 1.26 bits per heavy atom. The number of Topliss-reactive ketones (excluding diaryl/α,β-unsaturated/α-hetero) is 1. The number of carbonyl (C=O) groups excluding carboxylic acids is 2. The summed E-state index contributed by atoms with van der Waals surface area (Å²) in [7, 11) is 3.00. The molecular formula is C22H24O5. The average Bonchev–Trinajstić information content (AvgIpc) is 2.65. The van der Waals surface area contributed by atoms with E-state index in [1.54, 1.807) is 26.0 Å². The Morgan fingerprint density at radius 3 is 2.56 bits per heavy atom. The highest BCUT2D eigenvalue weighted by Crippen LogP contribution is 2.58. The molecule has 0 fully saturated rings. The number of phenols is 1. The molecule has 1 aromatic rings. The second-order valence-electron chi connectivity index (χ2n) is 7.23. The highest BCUT2D eigenvalue weighted by Gasteiger charge is 2.56. The van der Waals surface area contributed by atoms with Gasteiger partial charge in [-0.25, -0.2) is 0 Å². The second kappa shape index (κ2) is 6.72. The lowest BCUT2D eigenvalue weighted by molar-refractivity contribution is -0.137. The van der Waals surface area contributed by atoms with Gasteiger partial charge in [-0.05, 0) is 30.6 Å². The van der Waals surface area contributed by atoms with Crippen LogP contribution in [0.1, 0.15) is 31.7 Å². The lowest BCUT2D eigenvalue weighted by atomic mass is 9.53. The van der Waals surface area contributed by atoms with Crippen molar-refractivity contribution in [3.8, 4) is 17.2 Å². The first-order valence-electron chi connectivity index (χ1n) is 8.83. The van der Waals surface area contributed by atoms with Crippen LogP contribution in [-0.4, -0.2) is 30.9 Å². The van der Waals surface area contributed by atoms with Gasteiger partial charge in [0.2, 0.25) is 0 Å². The summed E-state index contributed by atoms with van der Waals surface area (Å²) in [5.74, 6) is -0.412. The van der Waals surface area contributed by atoms with Gasteiger partial charge in [0.25, 0.3) is 0 Å². The molecule has 0 amide bonds. The summed E-state index contributed by atoms with van der Waals surface area (Å²) < 4.78 is 10.7. The molecule has 3 rings (SSSR count). The molecule has 0 saturated carbocycles. The summed E-state index contributed by atoms with van der Waals surface area (Å²) >= 11 is 0. The van der Waals surface area contributed by atoms with Crippen LogP contribution in [0.25, 0.3) is 0 Å². The van der Waals surface area contributed by atoms with Gasteiger partial charge >= 0.3 is 0 Å². The summed E-state index contributed by atoms with van der Waals surface area (Å²) in [4.78, 5) is 26.0. The van der Waals surface area contributed by atoms with E-state index in [2.05, 4.69) is 6.58 Å². The van der Waals surface area contributed by atoms with Crippen LogP contribution < -0.4 is 9.47 Å². The van der Waals surface area contributed by atoms with E-state index in [4.69, 9.17) is 9.47 Å². The van der Waals surface area contributed by atoms with Crippen LogP contribution in [0, 0.1) is 11.3 Å². The molecule has 5 nitrogen and oxygen atoms in total. The van der Waals surface area contributed by atoms with Gasteiger partial charge in [-0.2, -0.15) is 0 Å². The Balaban J connectivity index is 2.32. The summed E-state index contributed by atoms with van der Waals surface area (Å²) in [6.45, 7) is 7.35. The zero-order valence-corrected chi connectivity index (χ0v) is 16.0. The molecule has 0 spiro atoms. The molecule has 0 radical (unpaired) electrons. The standard InChI is InChI=1S/C22H24O5/c1-6-13-7-8-15-16(23)9-12(2)21(25)22(15,3)20(13)19-17(24)10-14(26-4)11-18(19)27-5/h6-7,9-11,15,20,24H,1,8H2,2-5H3. The van der Waals surface area contributed by atoms with E-state index in [0.717, 1.165) is 5.57 Å². The minimum absolute atomic E-state index is 0.0433. The molecule has 5 heteroatoms. The molecule has 0 aromatic heterocycles. The Hall–Kier alpha value is -2.82. The largest absolute Gasteiger partial charge is 0.507 e. The summed E-state index contributed by atoms with van der Waals surface area (Å²) in [6.07, 6.45) is 5.50. The average molecular weight is 368 g/mol. The predicted molar refractivity (Wildman–Crippen MR) is 102 cm³/mol. The van der Waals surface area contributed by atoms with Crippen molar-refractivity contribution in [1.29, 1.82) is 0 Å². The van der Waals surface area contributed by atoms with Gasteiger partial charge in [-0.1, -0.05) is 25.7 Å². The van der Waals surface area contributed by atoms with Crippen molar-refractivity contribution in [2.45, 2.75) is 26.2 Å². The first-order chi connectivity index (χ1) is 12.8. The normalized spacial score (nSPS) is 27.4. The van der Waals surface area contributed by atoms with Gasteiger partial charge in [-0.3, -0.25) is 9.59 Å². The summed E-state index contributed by atoms with van der Waals surface area (Å²) in [5.41, 5.74) is 0.657. The van der Waals surface area contributed by atoms with Crippen molar-refractivity contribution in [3.63, 3.8) is 0 Å². The Kier molecular flexibility index (Phi) is 4.72. The number of hydrogen-bond donors (Lipinski definition) is 1. The van der Waals surface area contributed by atoms with Gasteiger partial charge in [-0.15, -0.1) is 0 Å². The van der Waals surface area contributed by atoms with Crippen LogP contribution in [-0.2, 0) is 9.59 Å². The zero-order valence-electron chi connectivity index (χ0n) is 16.0. The van der Waals surface area contributed by atoms with E-state index in [0.29, 0.717) is 29.1 Å². The van der Waals surface area contributed by atoms with Crippen molar-refractivity contribution < 1.29 is 24.2 Å². The molecule has 2 aliphatic rings. The van der Waals surface area contributed by atoms with E-state index >= 15 is 0 Å². The van der Waals surface area contributed by atoms with Crippen LogP contribution in [0.4, 0.5) is 0 Å². The molecule has 3 atom stereocenters. The van der Waals surface area contributed by atoms with Crippen LogP contribution in [0.5, 0.6) is 17.2 Å². The van der Waals surface area contributed by atoms with Crippen molar-refractivity contribution in [3.05, 3.63) is 53.6 Å². The number of rotatable bonds is 4. The molecule has 3 unspecified atom stereocenters. The van der Waals surface area contributed by atoms with Gasteiger partial charge < -0.3 is 14.6 Å². The topological polar surface area (TPSA) is 72.8 Å². The molecule has 2 aliphatic carbocycles. The predicted octanol–water partition coefficient (Wildman–Crippen LogP) is 3.73. The molecule has 0 heterocycles. The number of allylic oxidation sites excluding steroid dienone is 5. The third-order valence-electron chi connectivity index (χ3n) is 5.87. The Labute approximate surface area is 159 Å². The van der Waals surface area contributed by atoms with Gasteiger partial charge in [0.1, 0.15) is 17.2 Å². The first kappa shape index (κ1) is 19.0. The van der Waals surface area contributed by atoms with Crippen LogP contribution >= 0.6 is 0 Å². The SMILES string of the molecule is C=CC1=CCC2C(=O)C=C(C)C(=O)C2(C)C1c1c(O)cc(OC)cc1OC. The highest BCUT2D eigenvalue weighted by molar-refractivity contribution is 6.13. The molecule has 27 heavy (non-hydrogen) atoms. The zero-order chi connectivity index (χ0) is 19.9. The van der Waals surface area contributed by atoms with Crippen molar-refractivity contribution >= 4 is 11.6 Å². The maximum Gasteiger partial charge on any atom is 0.166 e. The number of benzene rings is 1. The number of ketones is 2. The lowest BCUT2D eigenvalue weighted by Crippen LogP contribution is -2.49. The van der Waals surface area contributed by atoms with Gasteiger partial charge in [0.05, 0.1) is 19.6 Å². The molecule has 142 valence electrons. The number of methoxy groups -OCH3 is 2. The summed E-state index contributed by atoms with van der Waals surface area (Å²) in [5, 5.41) is 10.8. The molecule has 0 saturated heterocycles. The van der Waals surface area contributed by atoms with E-state index in [9.17, 15) is 14.7 Å². The highest BCUT2D eigenvalue weighted by atomic mass is 16.5. The number of aromatic hydroxyl groups is 1. The number of phenolic OH excluding ortho intramolecular Hbond substituents is 1. The van der Waals surface area contributed by atoms with Gasteiger partial charge in [0.15, 0.2) is 11.6 Å². The first-order valence-corrected chi connectivity index (χ1v) is 8.83. The maximum atomic E-state index is 13.3. The fourth-order valence-electron chi connectivity index (χ4n) is 4.50. The van der Waals surface area contributed by atoms with Gasteiger partial charge in [0, 0.05) is 29.5 Å². The van der Waals surface area contributed by atoms with E-state index in [1.165, 1.54) is 26.4 Å². The molecule has 0 bridgehead atoms. The fourth-order valence-corrected chi connectivity index (χ4v) is 4.50. The fraction of sp³-hybridized carbons (Fsp3) is 0.364. The number of carbonyl (C=O) groups is 2. The van der Waals surface area contributed by atoms with Crippen molar-refractivity contribution in [2.75, 3.05) is 14.2 Å². The van der Waals surface area contributed by atoms with Crippen molar-refractivity contribution in [2.24, 2.45) is 11.3 Å². The quantitative estimate of drug-likeness (QED) is 0.877. The Bertz CT molecular complexity index is 892. The molecular weight excluding hydrogens is 344 g/mol. The smallest absolute Gasteiger partial charge is 0.166 e. The second-order valence-corrected chi connectivity index (χ2v) is 7.23. The molecule has 1 aromatic carbocycles. The summed E-state index contributed by atoms with van der Waals surface area (Å²) in [6, 6.07) is 3.16. The minimum atomic E-state index is -1.03.